The number of Topliss-reactive ketones (excluding diaryl/α,β-unsaturated/α-hetero) is 5. The molecular weight excluding hydrogens is 1170 g/mol. The highest BCUT2D eigenvalue weighted by atomic mass is 16.4. The summed E-state index contributed by atoms with van der Waals surface area (Å²) in [7, 11) is 0. The molecule has 2 fully saturated rings. The number of nitrogens with two attached hydrogens (primary N) is 2. The maximum atomic E-state index is 14.8. The van der Waals surface area contributed by atoms with Crippen LogP contribution in [0.25, 0.3) is 10.9 Å². The van der Waals surface area contributed by atoms with E-state index in [1.807, 2.05) is 58.9 Å². The van der Waals surface area contributed by atoms with Crippen LogP contribution < -0.4 is 32.7 Å². The molecule has 5 amide bonds. The van der Waals surface area contributed by atoms with Crippen molar-refractivity contribution in [2.75, 3.05) is 19.7 Å². The van der Waals surface area contributed by atoms with Gasteiger partial charge >= 0.3 is 0 Å². The number of nitrogens with one attached hydrogen (secondary N) is 6. The highest BCUT2D eigenvalue weighted by Gasteiger charge is 2.40. The van der Waals surface area contributed by atoms with Crippen molar-refractivity contribution in [2.24, 2.45) is 52.0 Å². The number of aliphatic hydroxyl groups excluding tert-OH is 1. The summed E-state index contributed by atoms with van der Waals surface area (Å²) in [5.41, 5.74) is 13.6. The molecule has 496 valence electrons. The van der Waals surface area contributed by atoms with E-state index in [0.29, 0.717) is 55.5 Å². The Kier molecular flexibility index (Phi) is 29.2. The molecule has 0 spiro atoms. The van der Waals surface area contributed by atoms with Crippen LogP contribution in [0.2, 0.25) is 0 Å². The zero-order chi connectivity index (χ0) is 66.9. The number of guanidine groups is 1. The summed E-state index contributed by atoms with van der Waals surface area (Å²) >= 11 is 0. The van der Waals surface area contributed by atoms with E-state index in [-0.39, 0.29) is 118 Å². The summed E-state index contributed by atoms with van der Waals surface area (Å²) in [5, 5.41) is 40.4. The molecule has 2 aliphatic heterocycles. The van der Waals surface area contributed by atoms with Gasteiger partial charge in [-0.1, -0.05) is 65.0 Å². The molecule has 2 aliphatic rings. The monoisotopic (exact) mass is 1260 g/mol. The Labute approximate surface area is 530 Å². The van der Waals surface area contributed by atoms with Crippen LogP contribution in [0.3, 0.4) is 0 Å². The molecule has 0 aliphatic carbocycles. The minimum absolute atomic E-state index is 0.0279. The lowest BCUT2D eigenvalue weighted by atomic mass is 9.86. The van der Waals surface area contributed by atoms with E-state index < -0.39 is 114 Å². The number of fused-ring (bicyclic) bond motifs is 1. The first-order valence-corrected chi connectivity index (χ1v) is 31.6. The van der Waals surface area contributed by atoms with E-state index in [4.69, 9.17) is 21.4 Å². The van der Waals surface area contributed by atoms with Crippen LogP contribution in [0.15, 0.2) is 72.2 Å². The standard InChI is InChI=1S/C64H89N11O12.C2H4O2/c1-6-11-54(78)53-15-10-23-75(53)63(87)40(12-9-22-68-64(65)66)29-56(80)50(25-38(4)5)72-60(84)41(24-37(2)3)30-57(81)51(26-39-16-18-46(77)19-17-39)73-62(86)44(35-76)32-58(82)52(28-43-33-69-48-14-8-7-13-47(43)48)74-61(85)42(27-45-34-67-36-70-45)31-55(79)49-20-21-59(83)71-49;1-2(3)4/h7-8,13-14,16-19,33-34,36-38,40-42,44,49-53,69,76-77H,6,9-12,15,20-32,35H2,1-5H3,(H,67,70)(H,71,83)(H,72,84)(H,73,86)(H,74,85)(H4,65,66,68);1H3,(H,3,4)/t40-,41+,42-,44+,49+,50+,51+,52+,53+;/m1./s1. The van der Waals surface area contributed by atoms with Crippen LogP contribution in [-0.2, 0) is 72.0 Å². The van der Waals surface area contributed by atoms with Gasteiger partial charge in [-0.3, -0.25) is 57.7 Å². The quantitative estimate of drug-likeness (QED) is 0.0171. The zero-order valence-electron chi connectivity index (χ0n) is 53.2. The summed E-state index contributed by atoms with van der Waals surface area (Å²) < 4.78 is 0. The summed E-state index contributed by atoms with van der Waals surface area (Å²) in [5.74, 6) is -10.2. The predicted molar refractivity (Wildman–Crippen MR) is 339 cm³/mol. The van der Waals surface area contributed by atoms with Crippen molar-refractivity contribution in [1.29, 1.82) is 0 Å². The number of aromatic hydroxyl groups is 1. The number of nitrogens with zero attached hydrogens (tertiary/aromatic N) is 3. The number of amides is 5. The van der Waals surface area contributed by atoms with Crippen LogP contribution >= 0.6 is 0 Å². The van der Waals surface area contributed by atoms with E-state index in [0.717, 1.165) is 17.8 Å². The van der Waals surface area contributed by atoms with E-state index in [2.05, 4.69) is 41.2 Å². The molecular formula is C66H93N11O14. The molecule has 0 saturated carbocycles. The molecule has 2 aromatic carbocycles. The number of carboxylic acids is 1. The second-order valence-electron chi connectivity index (χ2n) is 24.8. The maximum absolute atomic E-state index is 14.8. The van der Waals surface area contributed by atoms with Crippen LogP contribution in [-0.4, -0.2) is 155 Å². The van der Waals surface area contributed by atoms with Crippen LogP contribution in [0.1, 0.15) is 148 Å². The molecule has 25 nitrogen and oxygen atoms in total. The average molecular weight is 1260 g/mol. The van der Waals surface area contributed by atoms with Crippen LogP contribution in [0, 0.1) is 35.5 Å². The number of carbonyl (C=O) groups is 11. The first-order valence-electron chi connectivity index (χ1n) is 31.6. The van der Waals surface area contributed by atoms with E-state index in [1.54, 1.807) is 23.2 Å². The van der Waals surface area contributed by atoms with Gasteiger partial charge in [-0.05, 0) is 98.9 Å². The van der Waals surface area contributed by atoms with Crippen molar-refractivity contribution in [3.8, 4) is 5.75 Å². The third-order valence-corrected chi connectivity index (χ3v) is 16.3. The van der Waals surface area contributed by atoms with Gasteiger partial charge in [-0.25, -0.2) is 4.98 Å². The number of aromatic nitrogens is 3. The number of aliphatic hydroxyl groups is 1. The SMILES string of the molecule is CC(=O)O.CCCC(=O)[C@@H]1CCCN1C(=O)[C@H](CCCN=C(N)N)CC(=O)[C@H](CC(C)C)NC(=O)[C@H](CC(=O)[C@H](Cc1ccc(O)cc1)NC(=O)[C@H](CO)CC(=O)[C@H](Cc1c[nH]c2ccccc12)NC(=O)[C@@H](CC(=O)[C@@H]1CCC(=O)N1)Cc1cnc[nH]1)CC(C)C. The zero-order valence-corrected chi connectivity index (χ0v) is 53.2. The van der Waals surface area contributed by atoms with Crippen LogP contribution in [0.4, 0.5) is 0 Å². The van der Waals surface area contributed by atoms with Gasteiger partial charge in [0.15, 0.2) is 34.9 Å². The van der Waals surface area contributed by atoms with Gasteiger partial charge in [-0.15, -0.1) is 0 Å². The number of para-hydroxylation sites is 1. The predicted octanol–water partition coefficient (Wildman–Crippen LogP) is 4.25. The summed E-state index contributed by atoms with van der Waals surface area (Å²) in [6.07, 6.45) is 6.59. The first kappa shape index (κ1) is 73.1. The molecule has 0 unspecified atom stereocenters. The van der Waals surface area contributed by atoms with Crippen molar-refractivity contribution >= 4 is 81.3 Å². The third kappa shape index (κ3) is 23.6. The molecule has 9 atom stereocenters. The van der Waals surface area contributed by atoms with Gasteiger partial charge in [0.05, 0.1) is 55.0 Å². The minimum atomic E-state index is -1.45. The molecule has 2 saturated heterocycles. The number of aliphatic carboxylic acids is 1. The Morgan fingerprint density at radius 1 is 0.736 bits per heavy atom. The van der Waals surface area contributed by atoms with Gasteiger partial charge in [0.25, 0.3) is 5.97 Å². The number of aromatic amines is 2. The Hall–Kier alpha value is -8.61. The number of carbonyl (C=O) groups excluding carboxylic acids is 10. The number of phenols is 1. The van der Waals surface area contributed by atoms with Gasteiger partial charge in [-0.2, -0.15) is 0 Å². The highest BCUT2D eigenvalue weighted by molar-refractivity contribution is 5.99. The fraction of sp³-hybridized carbons (Fsp3) is 0.561. The lowest BCUT2D eigenvalue weighted by Gasteiger charge is -2.30. The number of hydrogen-bond acceptors (Lipinski definition) is 15. The number of ketones is 5. The summed E-state index contributed by atoms with van der Waals surface area (Å²) in [6.45, 7) is 10.2. The largest absolute Gasteiger partial charge is 0.508 e. The van der Waals surface area contributed by atoms with E-state index in [1.165, 1.54) is 24.7 Å². The molecule has 0 radical (unpaired) electrons. The van der Waals surface area contributed by atoms with Crippen molar-refractivity contribution < 1.29 is 68.1 Å². The smallest absolute Gasteiger partial charge is 0.300 e. The van der Waals surface area contributed by atoms with Crippen molar-refractivity contribution in [1.82, 2.24) is 41.1 Å². The van der Waals surface area contributed by atoms with Crippen molar-refractivity contribution in [2.45, 2.75) is 181 Å². The molecule has 91 heavy (non-hydrogen) atoms. The topological polar surface area (TPSA) is 409 Å². The lowest BCUT2D eigenvalue weighted by molar-refractivity contribution is -0.143. The number of rotatable bonds is 37. The molecule has 4 heterocycles. The number of carboxylic acid groups (broad SMARTS) is 1. The maximum Gasteiger partial charge on any atom is 0.300 e. The molecule has 0 bridgehead atoms. The highest BCUT2D eigenvalue weighted by Crippen LogP contribution is 2.28. The van der Waals surface area contributed by atoms with Crippen LogP contribution in [0.5, 0.6) is 5.75 Å². The second kappa shape index (κ2) is 36.3. The Morgan fingerprint density at radius 3 is 1.95 bits per heavy atom. The number of aliphatic imine (C=N–C) groups is 1. The second-order valence-corrected chi connectivity index (χ2v) is 24.8. The van der Waals surface area contributed by atoms with E-state index in [9.17, 15) is 58.2 Å². The number of hydrogen-bond donors (Lipinski definition) is 11. The van der Waals surface area contributed by atoms with Crippen molar-refractivity contribution in [3.63, 3.8) is 0 Å². The number of H-pyrrole nitrogens is 2. The summed E-state index contributed by atoms with van der Waals surface area (Å²) in [6, 6.07) is 8.26. The fourth-order valence-corrected chi connectivity index (χ4v) is 11.8. The number of imidazole rings is 1. The molecule has 25 heteroatoms. The molecule has 2 aromatic heterocycles. The number of benzene rings is 2. The van der Waals surface area contributed by atoms with Gasteiger partial charge in [0.1, 0.15) is 5.75 Å². The molecule has 13 N–H and O–H groups in total. The molecule has 6 rings (SSSR count). The Morgan fingerprint density at radius 2 is 1.34 bits per heavy atom. The first-order chi connectivity index (χ1) is 43.3. The van der Waals surface area contributed by atoms with Crippen molar-refractivity contribution in [3.05, 3.63) is 84.1 Å². The van der Waals surface area contributed by atoms with Gasteiger partial charge in [0.2, 0.25) is 29.5 Å². The number of phenolic OH excluding ortho intramolecular Hbond substituents is 1. The molecule has 4 aromatic rings. The number of likely N-dealkylation sites (tertiary alicyclic amines) is 1. The average Bonchev–Trinajstić information content (AvgIpc) is 1.95. The summed E-state index contributed by atoms with van der Waals surface area (Å²) in [4.78, 5) is 166. The fourth-order valence-electron chi connectivity index (χ4n) is 11.8. The minimum Gasteiger partial charge on any atom is -0.508 e. The van der Waals surface area contributed by atoms with E-state index >= 15 is 0 Å². The van der Waals surface area contributed by atoms with Gasteiger partial charge in [0, 0.05) is 112 Å². The third-order valence-electron chi connectivity index (χ3n) is 16.3. The lowest BCUT2D eigenvalue weighted by Crippen LogP contribution is -2.50. The Balaban J connectivity index is 0.00000365. The normalized spacial score (nSPS) is 16.9. The van der Waals surface area contributed by atoms with Gasteiger partial charge < -0.3 is 62.9 Å². The Bertz CT molecular complexity index is 3150.